The van der Waals surface area contributed by atoms with Crippen LogP contribution in [-0.4, -0.2) is 38.4 Å². The number of rotatable bonds is 4. The van der Waals surface area contributed by atoms with Crippen molar-refractivity contribution in [3.8, 4) is 0 Å². The average molecular weight is 260 g/mol. The lowest BCUT2D eigenvalue weighted by Gasteiger charge is -2.08. The highest BCUT2D eigenvalue weighted by molar-refractivity contribution is 5.36. The number of nitrogens with zero attached hydrogens (tertiary/aromatic N) is 4. The number of anilines is 1. The van der Waals surface area contributed by atoms with Crippen LogP contribution in [0, 0.1) is 6.92 Å². The Morgan fingerprint density at radius 2 is 2.42 bits per heavy atom. The molecule has 0 amide bonds. The number of ether oxygens (including phenoxy) is 1. The molecule has 1 atom stereocenters. The molecule has 0 bridgehead atoms. The summed E-state index contributed by atoms with van der Waals surface area (Å²) in [6.07, 6.45) is 2.61. The van der Waals surface area contributed by atoms with Gasteiger partial charge in [0.25, 0.3) is 0 Å². The van der Waals surface area contributed by atoms with Gasteiger partial charge in [0.15, 0.2) is 5.82 Å². The summed E-state index contributed by atoms with van der Waals surface area (Å²) in [5.74, 6) is 2.71. The van der Waals surface area contributed by atoms with Crippen LogP contribution in [0.3, 0.4) is 0 Å². The summed E-state index contributed by atoms with van der Waals surface area (Å²) in [5, 5.41) is 10.1. The van der Waals surface area contributed by atoms with Gasteiger partial charge in [-0.25, -0.2) is 15.0 Å². The lowest BCUT2D eigenvalue weighted by molar-refractivity contribution is 0.193. The standard InChI is InChI=1S/C12H16N6O/c1-8-16-12(18-17-8)5-13-11-4-10(14-7-15-11)9-2-3-19-6-9/h4,7,9H,2-3,5-6H2,1H3,(H,13,14,15)(H,16,17,18). The summed E-state index contributed by atoms with van der Waals surface area (Å²) in [6.45, 7) is 3.98. The topological polar surface area (TPSA) is 88.6 Å². The molecular weight excluding hydrogens is 244 g/mol. The molecule has 2 N–H and O–H groups in total. The minimum Gasteiger partial charge on any atom is -0.381 e. The first kappa shape index (κ1) is 12.0. The van der Waals surface area contributed by atoms with Crippen molar-refractivity contribution < 1.29 is 4.74 Å². The van der Waals surface area contributed by atoms with E-state index in [-0.39, 0.29) is 0 Å². The molecule has 0 radical (unpaired) electrons. The van der Waals surface area contributed by atoms with Crippen molar-refractivity contribution in [2.75, 3.05) is 18.5 Å². The number of aromatic nitrogens is 5. The first-order chi connectivity index (χ1) is 9.31. The van der Waals surface area contributed by atoms with E-state index < -0.39 is 0 Å². The molecule has 3 rings (SSSR count). The Hall–Kier alpha value is -2.02. The summed E-state index contributed by atoms with van der Waals surface area (Å²) < 4.78 is 5.38. The van der Waals surface area contributed by atoms with Crippen LogP contribution in [0.4, 0.5) is 5.82 Å². The molecule has 0 aromatic carbocycles. The third-order valence-corrected chi connectivity index (χ3v) is 3.11. The van der Waals surface area contributed by atoms with Crippen LogP contribution in [0.15, 0.2) is 12.4 Å². The number of H-pyrrole nitrogens is 1. The van der Waals surface area contributed by atoms with E-state index in [2.05, 4.69) is 30.5 Å². The zero-order chi connectivity index (χ0) is 13.1. The van der Waals surface area contributed by atoms with E-state index in [0.717, 1.165) is 42.8 Å². The molecule has 1 saturated heterocycles. The molecule has 19 heavy (non-hydrogen) atoms. The molecule has 0 spiro atoms. The summed E-state index contributed by atoms with van der Waals surface area (Å²) in [7, 11) is 0. The Labute approximate surface area is 110 Å². The second kappa shape index (κ2) is 5.31. The second-order valence-electron chi connectivity index (χ2n) is 4.58. The fourth-order valence-corrected chi connectivity index (χ4v) is 2.10. The number of nitrogens with one attached hydrogen (secondary N) is 2. The molecule has 2 aromatic rings. The minimum atomic E-state index is 0.384. The van der Waals surface area contributed by atoms with Gasteiger partial charge in [0.1, 0.15) is 18.0 Å². The van der Waals surface area contributed by atoms with Crippen molar-refractivity contribution in [2.24, 2.45) is 0 Å². The maximum absolute atomic E-state index is 5.38. The number of hydrogen-bond donors (Lipinski definition) is 2. The van der Waals surface area contributed by atoms with Gasteiger partial charge in [-0.2, -0.15) is 5.10 Å². The lowest BCUT2D eigenvalue weighted by atomic mass is 10.1. The Kier molecular flexibility index (Phi) is 3.37. The van der Waals surface area contributed by atoms with Crippen LogP contribution in [0.1, 0.15) is 29.7 Å². The van der Waals surface area contributed by atoms with Gasteiger partial charge < -0.3 is 10.1 Å². The first-order valence-electron chi connectivity index (χ1n) is 6.33. The SMILES string of the molecule is Cc1nc(CNc2cc(C3CCOC3)ncn2)n[nH]1. The second-order valence-corrected chi connectivity index (χ2v) is 4.58. The van der Waals surface area contributed by atoms with Gasteiger partial charge in [-0.3, -0.25) is 5.10 Å². The van der Waals surface area contributed by atoms with E-state index in [1.54, 1.807) is 6.33 Å². The van der Waals surface area contributed by atoms with E-state index in [4.69, 9.17) is 4.74 Å². The van der Waals surface area contributed by atoms with E-state index >= 15 is 0 Å². The van der Waals surface area contributed by atoms with Crippen LogP contribution in [-0.2, 0) is 11.3 Å². The molecule has 1 aliphatic heterocycles. The molecule has 100 valence electrons. The first-order valence-corrected chi connectivity index (χ1v) is 6.33. The van der Waals surface area contributed by atoms with Crippen LogP contribution in [0.2, 0.25) is 0 Å². The smallest absolute Gasteiger partial charge is 0.169 e. The van der Waals surface area contributed by atoms with E-state index in [9.17, 15) is 0 Å². The zero-order valence-electron chi connectivity index (χ0n) is 10.8. The molecule has 1 fully saturated rings. The average Bonchev–Trinajstić information content (AvgIpc) is 3.08. The van der Waals surface area contributed by atoms with Gasteiger partial charge in [-0.15, -0.1) is 0 Å². The molecule has 2 aromatic heterocycles. The van der Waals surface area contributed by atoms with Gasteiger partial charge in [0.05, 0.1) is 18.8 Å². The molecule has 0 saturated carbocycles. The van der Waals surface area contributed by atoms with Gasteiger partial charge >= 0.3 is 0 Å². The number of aromatic amines is 1. The predicted octanol–water partition coefficient (Wildman–Crippen LogP) is 1.02. The van der Waals surface area contributed by atoms with Gasteiger partial charge in [-0.1, -0.05) is 0 Å². The van der Waals surface area contributed by atoms with Crippen molar-refractivity contribution in [3.63, 3.8) is 0 Å². The van der Waals surface area contributed by atoms with Crippen molar-refractivity contribution in [1.29, 1.82) is 0 Å². The van der Waals surface area contributed by atoms with Crippen molar-refractivity contribution in [2.45, 2.75) is 25.8 Å². The van der Waals surface area contributed by atoms with Gasteiger partial charge in [0, 0.05) is 18.6 Å². The quantitative estimate of drug-likeness (QED) is 0.853. The highest BCUT2D eigenvalue weighted by atomic mass is 16.5. The largest absolute Gasteiger partial charge is 0.381 e. The van der Waals surface area contributed by atoms with Crippen molar-refractivity contribution in [1.82, 2.24) is 25.1 Å². The summed E-state index contributed by atoms with van der Waals surface area (Å²) in [5.41, 5.74) is 1.03. The highest BCUT2D eigenvalue weighted by Gasteiger charge is 2.19. The molecule has 3 heterocycles. The van der Waals surface area contributed by atoms with Crippen LogP contribution < -0.4 is 5.32 Å². The molecule has 0 aliphatic carbocycles. The third-order valence-electron chi connectivity index (χ3n) is 3.11. The van der Waals surface area contributed by atoms with Crippen molar-refractivity contribution >= 4 is 5.82 Å². The molecular formula is C12H16N6O. The van der Waals surface area contributed by atoms with Crippen LogP contribution in [0.5, 0.6) is 0 Å². The van der Waals surface area contributed by atoms with Crippen molar-refractivity contribution in [3.05, 3.63) is 29.7 Å². The Balaban J connectivity index is 1.65. The maximum atomic E-state index is 5.38. The van der Waals surface area contributed by atoms with E-state index in [1.807, 2.05) is 13.0 Å². The van der Waals surface area contributed by atoms with Gasteiger partial charge in [-0.05, 0) is 13.3 Å². The fourth-order valence-electron chi connectivity index (χ4n) is 2.10. The highest BCUT2D eigenvalue weighted by Crippen LogP contribution is 2.24. The predicted molar refractivity (Wildman–Crippen MR) is 68.7 cm³/mol. The molecule has 1 unspecified atom stereocenters. The van der Waals surface area contributed by atoms with Crippen LogP contribution in [0.25, 0.3) is 0 Å². The van der Waals surface area contributed by atoms with Crippen LogP contribution >= 0.6 is 0 Å². The summed E-state index contributed by atoms with van der Waals surface area (Å²) >= 11 is 0. The van der Waals surface area contributed by atoms with E-state index in [1.165, 1.54) is 0 Å². The number of aryl methyl sites for hydroxylation is 1. The molecule has 7 nitrogen and oxygen atoms in total. The lowest BCUT2D eigenvalue weighted by Crippen LogP contribution is -2.06. The maximum Gasteiger partial charge on any atom is 0.169 e. The Bertz CT molecular complexity index is 549. The molecule has 1 aliphatic rings. The Morgan fingerprint density at radius 1 is 1.47 bits per heavy atom. The van der Waals surface area contributed by atoms with Gasteiger partial charge in [0.2, 0.25) is 0 Å². The summed E-state index contributed by atoms with van der Waals surface area (Å²) in [6, 6.07) is 1.97. The van der Waals surface area contributed by atoms with E-state index in [0.29, 0.717) is 12.5 Å². The summed E-state index contributed by atoms with van der Waals surface area (Å²) in [4.78, 5) is 12.7. The fraction of sp³-hybridized carbons (Fsp3) is 0.500. The normalized spacial score (nSPS) is 18.7. The zero-order valence-corrected chi connectivity index (χ0v) is 10.8. The minimum absolute atomic E-state index is 0.384. The molecule has 7 heteroatoms. The monoisotopic (exact) mass is 260 g/mol. The Morgan fingerprint density at radius 3 is 3.16 bits per heavy atom. The number of hydrogen-bond acceptors (Lipinski definition) is 6. The third kappa shape index (κ3) is 2.87.